The van der Waals surface area contributed by atoms with E-state index in [1.165, 1.54) is 55.4 Å². The second kappa shape index (κ2) is 10.1. The fourth-order valence-corrected chi connectivity index (χ4v) is 7.21. The van der Waals surface area contributed by atoms with Gasteiger partial charge in [0, 0.05) is 16.9 Å². The van der Waals surface area contributed by atoms with Gasteiger partial charge in [-0.2, -0.15) is 0 Å². The molecular weight excluding hydrogens is 436 g/mol. The summed E-state index contributed by atoms with van der Waals surface area (Å²) in [5.74, 6) is 0.0129. The first kappa shape index (κ1) is 22.9. The van der Waals surface area contributed by atoms with Gasteiger partial charge in [-0.05, 0) is 41.7 Å². The molecule has 0 aliphatic carbocycles. The van der Waals surface area contributed by atoms with Crippen LogP contribution in [0, 0.1) is 0 Å². The molecule has 0 fully saturated rings. The van der Waals surface area contributed by atoms with Crippen LogP contribution in [0.15, 0.2) is 59.5 Å². The van der Waals surface area contributed by atoms with Crippen LogP contribution in [0.4, 0.5) is 0 Å². The highest BCUT2D eigenvalue weighted by Gasteiger charge is 2.30. The molecule has 0 unspecified atom stereocenters. The molecule has 32 heavy (non-hydrogen) atoms. The van der Waals surface area contributed by atoms with Gasteiger partial charge in [0.25, 0.3) is 0 Å². The van der Waals surface area contributed by atoms with E-state index in [9.17, 15) is 13.2 Å². The van der Waals surface area contributed by atoms with Crippen LogP contribution in [0.1, 0.15) is 71.8 Å². The molecule has 2 aromatic carbocycles. The van der Waals surface area contributed by atoms with Crippen LogP contribution in [0.3, 0.4) is 0 Å². The topological polar surface area (TPSA) is 51.2 Å². The Hall–Kier alpha value is -2.24. The first-order valence-electron chi connectivity index (χ1n) is 11.5. The summed E-state index contributed by atoms with van der Waals surface area (Å²) in [6.07, 6.45) is 9.18. The van der Waals surface area contributed by atoms with Crippen molar-refractivity contribution in [2.24, 2.45) is 0 Å². The summed E-state index contributed by atoms with van der Waals surface area (Å²) in [7, 11) is -3.35. The second-order valence-electron chi connectivity index (χ2n) is 8.65. The highest BCUT2D eigenvalue weighted by Crippen LogP contribution is 2.42. The van der Waals surface area contributed by atoms with E-state index in [1.54, 1.807) is 18.2 Å². The van der Waals surface area contributed by atoms with Gasteiger partial charge in [-0.15, -0.1) is 11.3 Å². The van der Waals surface area contributed by atoms with E-state index < -0.39 is 9.84 Å². The van der Waals surface area contributed by atoms with E-state index in [0.29, 0.717) is 16.2 Å². The monoisotopic (exact) mass is 466 g/mol. The van der Waals surface area contributed by atoms with Crippen molar-refractivity contribution >= 4 is 27.0 Å². The summed E-state index contributed by atoms with van der Waals surface area (Å²) in [6, 6.07) is 17.2. The quantitative estimate of drug-likeness (QED) is 0.238. The number of sulfone groups is 1. The van der Waals surface area contributed by atoms with Crippen molar-refractivity contribution in [3.05, 3.63) is 76.2 Å². The lowest BCUT2D eigenvalue weighted by molar-refractivity contribution is 0.0996. The van der Waals surface area contributed by atoms with E-state index in [1.807, 2.05) is 12.1 Å². The molecule has 0 spiro atoms. The van der Waals surface area contributed by atoms with E-state index in [2.05, 4.69) is 31.2 Å². The third-order valence-corrected chi connectivity index (χ3v) is 9.07. The van der Waals surface area contributed by atoms with Crippen LogP contribution in [-0.4, -0.2) is 14.2 Å². The molecular formula is C27H30O3S2. The molecule has 0 saturated heterocycles. The SMILES string of the molecule is CCCCCCCCc1ccc(CC(=O)c2cc3c(s2)-c2ccccc2S(=O)(=O)C3)cc1. The largest absolute Gasteiger partial charge is 0.293 e. The average molecular weight is 467 g/mol. The van der Waals surface area contributed by atoms with Gasteiger partial charge in [0.15, 0.2) is 15.6 Å². The van der Waals surface area contributed by atoms with Gasteiger partial charge in [-0.25, -0.2) is 8.42 Å². The lowest BCUT2D eigenvalue weighted by Gasteiger charge is -2.15. The molecule has 4 rings (SSSR count). The van der Waals surface area contributed by atoms with Crippen LogP contribution in [0.25, 0.3) is 10.4 Å². The maximum Gasteiger partial charge on any atom is 0.183 e. The van der Waals surface area contributed by atoms with Crippen molar-refractivity contribution in [1.82, 2.24) is 0 Å². The number of unbranched alkanes of at least 4 members (excludes halogenated alkanes) is 5. The fourth-order valence-electron chi connectivity index (χ4n) is 4.31. The number of hydrogen-bond donors (Lipinski definition) is 0. The first-order chi connectivity index (χ1) is 15.5. The van der Waals surface area contributed by atoms with Gasteiger partial charge in [-0.1, -0.05) is 81.5 Å². The van der Waals surface area contributed by atoms with E-state index in [4.69, 9.17) is 0 Å². The highest BCUT2D eigenvalue weighted by molar-refractivity contribution is 7.91. The van der Waals surface area contributed by atoms with Crippen LogP contribution in [0.2, 0.25) is 0 Å². The number of hydrogen-bond acceptors (Lipinski definition) is 4. The lowest BCUT2D eigenvalue weighted by Crippen LogP contribution is -2.10. The fraction of sp³-hybridized carbons (Fsp3) is 0.370. The Kier molecular flexibility index (Phi) is 7.27. The maximum atomic E-state index is 12.9. The zero-order valence-electron chi connectivity index (χ0n) is 18.6. The summed E-state index contributed by atoms with van der Waals surface area (Å²) in [4.78, 5) is 14.9. The average Bonchev–Trinajstić information content (AvgIpc) is 3.21. The van der Waals surface area contributed by atoms with Crippen LogP contribution in [-0.2, 0) is 28.4 Å². The molecule has 0 saturated carbocycles. The molecule has 0 amide bonds. The normalized spacial score (nSPS) is 14.0. The van der Waals surface area contributed by atoms with Crippen molar-refractivity contribution < 1.29 is 13.2 Å². The third kappa shape index (κ3) is 5.21. The first-order valence-corrected chi connectivity index (χ1v) is 14.0. The van der Waals surface area contributed by atoms with Crippen molar-refractivity contribution in [1.29, 1.82) is 0 Å². The van der Waals surface area contributed by atoms with Crippen LogP contribution in [0.5, 0.6) is 0 Å². The molecule has 3 aromatic rings. The van der Waals surface area contributed by atoms with Crippen LogP contribution < -0.4 is 0 Å². The molecule has 0 bridgehead atoms. The maximum absolute atomic E-state index is 12.9. The minimum Gasteiger partial charge on any atom is -0.293 e. The summed E-state index contributed by atoms with van der Waals surface area (Å²) in [6.45, 7) is 2.24. The Morgan fingerprint density at radius 1 is 0.906 bits per heavy atom. The molecule has 0 radical (unpaired) electrons. The summed E-state index contributed by atoms with van der Waals surface area (Å²) < 4.78 is 25.2. The Morgan fingerprint density at radius 2 is 1.59 bits per heavy atom. The molecule has 0 N–H and O–H groups in total. The van der Waals surface area contributed by atoms with Gasteiger partial charge < -0.3 is 0 Å². The van der Waals surface area contributed by atoms with Crippen molar-refractivity contribution in [3.63, 3.8) is 0 Å². The van der Waals surface area contributed by atoms with Gasteiger partial charge in [0.1, 0.15) is 0 Å². The smallest absolute Gasteiger partial charge is 0.183 e. The molecule has 1 aliphatic heterocycles. The van der Waals surface area contributed by atoms with E-state index >= 15 is 0 Å². The molecule has 1 aromatic heterocycles. The summed E-state index contributed by atoms with van der Waals surface area (Å²) >= 11 is 1.41. The Labute approximate surface area is 195 Å². The van der Waals surface area contributed by atoms with Crippen molar-refractivity contribution in [2.45, 2.75) is 68.9 Å². The lowest BCUT2D eigenvalue weighted by atomic mass is 10.0. The van der Waals surface area contributed by atoms with Gasteiger partial charge in [0.2, 0.25) is 0 Å². The number of carbonyl (C=O) groups is 1. The minimum atomic E-state index is -3.35. The molecule has 2 heterocycles. The molecule has 168 valence electrons. The van der Waals surface area contributed by atoms with Gasteiger partial charge in [-0.3, -0.25) is 4.79 Å². The van der Waals surface area contributed by atoms with Crippen molar-refractivity contribution in [2.75, 3.05) is 0 Å². The van der Waals surface area contributed by atoms with Crippen LogP contribution >= 0.6 is 11.3 Å². The number of fused-ring (bicyclic) bond motifs is 3. The predicted molar refractivity (Wildman–Crippen MR) is 132 cm³/mol. The number of aryl methyl sites for hydroxylation is 1. The minimum absolute atomic E-state index is 0.0315. The number of rotatable bonds is 10. The summed E-state index contributed by atoms with van der Waals surface area (Å²) in [5, 5.41) is 0. The molecule has 1 aliphatic rings. The number of carbonyl (C=O) groups excluding carboxylic acids is 1. The molecule has 5 heteroatoms. The second-order valence-corrected chi connectivity index (χ2v) is 11.7. The number of ketones is 1. The number of thiophene rings is 1. The summed E-state index contributed by atoms with van der Waals surface area (Å²) in [5.41, 5.74) is 3.79. The predicted octanol–water partition coefficient (Wildman–Crippen LogP) is 7.03. The van der Waals surface area contributed by atoms with Gasteiger partial charge in [0.05, 0.1) is 15.5 Å². The Balaban J connectivity index is 1.39. The van der Waals surface area contributed by atoms with E-state index in [-0.39, 0.29) is 11.5 Å². The zero-order valence-corrected chi connectivity index (χ0v) is 20.2. The molecule has 0 atom stereocenters. The third-order valence-electron chi connectivity index (χ3n) is 6.10. The standard InChI is InChI=1S/C27H30O3S2/c1-2-3-4-5-6-7-10-20-13-15-21(16-14-20)17-24(28)25-18-22-19-32(29,30)26-12-9-8-11-23(26)27(22)31-25/h8-9,11-16,18H,2-7,10,17,19H2,1H3. The van der Waals surface area contributed by atoms with E-state index in [0.717, 1.165) is 28.0 Å². The zero-order chi connectivity index (χ0) is 22.6. The van der Waals surface area contributed by atoms with Gasteiger partial charge >= 0.3 is 0 Å². The number of Topliss-reactive ketones (excluding diaryl/α,β-unsaturated/α-hetero) is 1. The Morgan fingerprint density at radius 3 is 2.38 bits per heavy atom. The molecule has 3 nitrogen and oxygen atoms in total. The van der Waals surface area contributed by atoms with Crippen molar-refractivity contribution in [3.8, 4) is 10.4 Å². The number of benzene rings is 2. The Bertz CT molecular complexity index is 1190. The highest BCUT2D eigenvalue weighted by atomic mass is 32.2.